The fourth-order valence-corrected chi connectivity index (χ4v) is 5.60. The molecule has 4 aromatic rings. The number of pyridine rings is 2. The summed E-state index contributed by atoms with van der Waals surface area (Å²) < 4.78 is 32.1. The number of aromatic nitrogens is 5. The molecule has 1 aliphatic heterocycles. The smallest absolute Gasteiger partial charge is 0.254 e. The Morgan fingerprint density at radius 3 is 2.60 bits per heavy atom. The molecule has 0 radical (unpaired) electrons. The van der Waals surface area contributed by atoms with E-state index in [4.69, 9.17) is 11.5 Å². The topological polar surface area (TPSA) is 158 Å². The van der Waals surface area contributed by atoms with E-state index in [-0.39, 0.29) is 53.1 Å². The summed E-state index contributed by atoms with van der Waals surface area (Å²) in [5.74, 6) is -3.03. The van der Waals surface area contributed by atoms with Gasteiger partial charge < -0.3 is 21.7 Å². The van der Waals surface area contributed by atoms with Crippen LogP contribution in [0.1, 0.15) is 53.2 Å². The van der Waals surface area contributed by atoms with E-state index in [0.717, 1.165) is 17.8 Å². The summed E-state index contributed by atoms with van der Waals surface area (Å²) in [6.07, 6.45) is 6.55. The SMILES string of the molecule is CC(C)NC(=O)c1ccc(F)c(-c2ccc(N)c(C(=O)Cc3cnccc3N3C[C@@H](N)[C@@H](n4ccnn4)[C@@H](C)C3)n2)c1F. The maximum atomic E-state index is 15.4. The number of halogens is 2. The van der Waals surface area contributed by atoms with E-state index in [2.05, 4.69) is 37.4 Å². The Morgan fingerprint density at radius 2 is 1.91 bits per heavy atom. The number of amides is 1. The molecule has 0 spiro atoms. The average molecular weight is 590 g/mol. The highest BCUT2D eigenvalue weighted by Crippen LogP contribution is 2.33. The van der Waals surface area contributed by atoms with Crippen LogP contribution >= 0.6 is 0 Å². The van der Waals surface area contributed by atoms with Crippen LogP contribution in [-0.2, 0) is 6.42 Å². The van der Waals surface area contributed by atoms with Crippen LogP contribution in [0.3, 0.4) is 0 Å². The number of nitrogens with one attached hydrogen (secondary N) is 1. The third-order valence-electron chi connectivity index (χ3n) is 7.48. The molecule has 0 aliphatic carbocycles. The highest BCUT2D eigenvalue weighted by molar-refractivity contribution is 6.01. The van der Waals surface area contributed by atoms with Gasteiger partial charge >= 0.3 is 0 Å². The van der Waals surface area contributed by atoms with Gasteiger partial charge in [0.1, 0.15) is 17.3 Å². The van der Waals surface area contributed by atoms with E-state index >= 15 is 4.39 Å². The molecule has 0 unspecified atom stereocenters. The average Bonchev–Trinajstić information content (AvgIpc) is 3.47. The number of piperidine rings is 1. The second-order valence-electron chi connectivity index (χ2n) is 11.1. The third-order valence-corrected chi connectivity index (χ3v) is 7.48. The van der Waals surface area contributed by atoms with E-state index in [1.165, 1.54) is 12.1 Å². The number of hydrogen-bond acceptors (Lipinski definition) is 9. The summed E-state index contributed by atoms with van der Waals surface area (Å²) in [6.45, 7) is 6.69. The monoisotopic (exact) mass is 589 g/mol. The maximum absolute atomic E-state index is 15.4. The van der Waals surface area contributed by atoms with Crippen molar-refractivity contribution in [1.82, 2.24) is 30.3 Å². The lowest BCUT2D eigenvalue weighted by Crippen LogP contribution is -2.53. The molecule has 3 atom stereocenters. The Morgan fingerprint density at radius 1 is 1.12 bits per heavy atom. The standard InChI is InChI=1S/C30H33F2N9O2/c1-16(2)37-30(43)19-4-5-20(31)26(27(19)32)23-7-6-21(33)28(38-23)25(42)12-18-13-35-9-8-24(18)40-14-17(3)29(22(34)15-40)41-11-10-36-39-41/h4-11,13,16-17,22,29H,12,14-15,33-34H2,1-3H3,(H,37,43)/t17-,22+,29-/m0/s1. The number of rotatable bonds is 8. The van der Waals surface area contributed by atoms with Gasteiger partial charge in [-0.15, -0.1) is 5.10 Å². The molecule has 13 heteroatoms. The Hall–Kier alpha value is -4.78. The van der Waals surface area contributed by atoms with Crippen molar-refractivity contribution in [1.29, 1.82) is 0 Å². The van der Waals surface area contributed by atoms with Crippen molar-refractivity contribution in [2.45, 2.75) is 45.3 Å². The Bertz CT molecular complexity index is 1630. The fourth-order valence-electron chi connectivity index (χ4n) is 5.60. The fraction of sp³-hybridized carbons (Fsp3) is 0.333. The van der Waals surface area contributed by atoms with E-state index in [1.54, 1.807) is 43.3 Å². The molecule has 0 saturated carbocycles. The predicted octanol–water partition coefficient (Wildman–Crippen LogP) is 3.18. The molecule has 0 bridgehead atoms. The number of Topliss-reactive ketones (excluding diaryl/α,β-unsaturated/α-hetero) is 1. The van der Waals surface area contributed by atoms with Gasteiger partial charge in [0.2, 0.25) is 0 Å². The zero-order valence-electron chi connectivity index (χ0n) is 24.0. The number of carbonyl (C=O) groups excluding carboxylic acids is 2. The van der Waals surface area contributed by atoms with Crippen molar-refractivity contribution < 1.29 is 18.4 Å². The first-order valence-electron chi connectivity index (χ1n) is 13.9. The molecule has 1 saturated heterocycles. The molecule has 5 N–H and O–H groups in total. The summed E-state index contributed by atoms with van der Waals surface area (Å²) >= 11 is 0. The van der Waals surface area contributed by atoms with Crippen LogP contribution in [0.15, 0.2) is 55.1 Å². The number of anilines is 2. The lowest BCUT2D eigenvalue weighted by molar-refractivity contribution is 0.0937. The van der Waals surface area contributed by atoms with Gasteiger partial charge in [0.25, 0.3) is 5.91 Å². The van der Waals surface area contributed by atoms with Gasteiger partial charge in [0, 0.05) is 61.4 Å². The molecular formula is C30H33F2N9O2. The van der Waals surface area contributed by atoms with Crippen molar-refractivity contribution in [2.24, 2.45) is 11.7 Å². The number of nitrogen functional groups attached to an aromatic ring is 1. The Balaban J connectivity index is 1.42. The Kier molecular flexibility index (Phi) is 8.44. The zero-order valence-corrected chi connectivity index (χ0v) is 24.0. The van der Waals surface area contributed by atoms with Crippen LogP contribution in [-0.4, -0.2) is 61.8 Å². The number of ketones is 1. The minimum absolute atomic E-state index is 0.0341. The summed E-state index contributed by atoms with van der Waals surface area (Å²) in [7, 11) is 0. The summed E-state index contributed by atoms with van der Waals surface area (Å²) in [5.41, 5.74) is 13.0. The van der Waals surface area contributed by atoms with Crippen molar-refractivity contribution in [3.05, 3.63) is 83.6 Å². The lowest BCUT2D eigenvalue weighted by Gasteiger charge is -2.42. The van der Waals surface area contributed by atoms with Crippen molar-refractivity contribution in [2.75, 3.05) is 23.7 Å². The van der Waals surface area contributed by atoms with Crippen molar-refractivity contribution in [3.8, 4) is 11.3 Å². The number of carbonyl (C=O) groups is 2. The number of nitrogens with two attached hydrogens (primary N) is 2. The first-order chi connectivity index (χ1) is 20.5. The van der Waals surface area contributed by atoms with Crippen LogP contribution < -0.4 is 21.7 Å². The van der Waals surface area contributed by atoms with Crippen LogP contribution in [0.2, 0.25) is 0 Å². The summed E-state index contributed by atoms with van der Waals surface area (Å²) in [5, 5.41) is 10.6. The molecule has 43 heavy (non-hydrogen) atoms. The predicted molar refractivity (Wildman–Crippen MR) is 157 cm³/mol. The van der Waals surface area contributed by atoms with Crippen LogP contribution in [0.4, 0.5) is 20.2 Å². The zero-order chi connectivity index (χ0) is 30.8. The van der Waals surface area contributed by atoms with Gasteiger partial charge in [-0.1, -0.05) is 12.1 Å². The molecule has 1 aliphatic rings. The summed E-state index contributed by atoms with van der Waals surface area (Å²) in [4.78, 5) is 36.7. The molecule has 1 aromatic carbocycles. The second-order valence-corrected chi connectivity index (χ2v) is 11.1. The van der Waals surface area contributed by atoms with E-state index < -0.39 is 28.9 Å². The minimum Gasteiger partial charge on any atom is -0.397 e. The molecule has 4 heterocycles. The van der Waals surface area contributed by atoms with Gasteiger partial charge in [0.15, 0.2) is 5.78 Å². The van der Waals surface area contributed by atoms with Crippen LogP contribution in [0.25, 0.3) is 11.3 Å². The van der Waals surface area contributed by atoms with Crippen LogP contribution in [0, 0.1) is 17.6 Å². The first-order valence-corrected chi connectivity index (χ1v) is 13.9. The minimum atomic E-state index is -1.08. The number of hydrogen-bond donors (Lipinski definition) is 3. The van der Waals surface area contributed by atoms with Crippen LogP contribution in [0.5, 0.6) is 0 Å². The molecule has 1 fully saturated rings. The molecule has 1 amide bonds. The normalized spacial score (nSPS) is 18.6. The Labute approximate surface area is 247 Å². The van der Waals surface area contributed by atoms with Gasteiger partial charge in [-0.3, -0.25) is 14.6 Å². The van der Waals surface area contributed by atoms with Gasteiger partial charge in [-0.25, -0.2) is 18.4 Å². The van der Waals surface area contributed by atoms with E-state index in [9.17, 15) is 14.0 Å². The van der Waals surface area contributed by atoms with Crippen molar-refractivity contribution >= 4 is 23.1 Å². The maximum Gasteiger partial charge on any atom is 0.254 e. The highest BCUT2D eigenvalue weighted by atomic mass is 19.1. The molecular weight excluding hydrogens is 556 g/mol. The van der Waals surface area contributed by atoms with Gasteiger partial charge in [-0.2, -0.15) is 0 Å². The quantitative estimate of drug-likeness (QED) is 0.263. The van der Waals surface area contributed by atoms with Gasteiger partial charge in [0.05, 0.1) is 34.7 Å². The molecule has 3 aromatic heterocycles. The largest absolute Gasteiger partial charge is 0.397 e. The molecule has 5 rings (SSSR count). The number of benzene rings is 1. The lowest BCUT2D eigenvalue weighted by atomic mass is 9.89. The second kappa shape index (κ2) is 12.2. The third kappa shape index (κ3) is 6.07. The van der Waals surface area contributed by atoms with E-state index in [1.807, 2.05) is 6.07 Å². The summed E-state index contributed by atoms with van der Waals surface area (Å²) in [6, 6.07) is 6.03. The van der Waals surface area contributed by atoms with E-state index in [0.29, 0.717) is 18.7 Å². The molecule has 224 valence electrons. The van der Waals surface area contributed by atoms with Crippen molar-refractivity contribution in [3.63, 3.8) is 0 Å². The molecule has 11 nitrogen and oxygen atoms in total. The van der Waals surface area contributed by atoms with Gasteiger partial charge in [-0.05, 0) is 50.1 Å². The highest BCUT2D eigenvalue weighted by Gasteiger charge is 2.35. The number of nitrogens with zero attached hydrogens (tertiary/aromatic N) is 6. The first kappa shape index (κ1) is 29.7.